The van der Waals surface area contributed by atoms with Gasteiger partial charge < -0.3 is 15.0 Å². The van der Waals surface area contributed by atoms with Crippen LogP contribution in [0.5, 0.6) is 0 Å². The zero-order valence-corrected chi connectivity index (χ0v) is 10.9. The van der Waals surface area contributed by atoms with Gasteiger partial charge in [0.2, 0.25) is 0 Å². The average molecular weight is 260 g/mol. The largest absolute Gasteiger partial charge is 0.463 e. The Bertz CT molecular complexity index is 511. The van der Waals surface area contributed by atoms with E-state index in [1.807, 2.05) is 30.3 Å². The average Bonchev–Trinajstić information content (AvgIpc) is 2.42. The summed E-state index contributed by atoms with van der Waals surface area (Å²) in [5.41, 5.74) is 1.28. The summed E-state index contributed by atoms with van der Waals surface area (Å²) in [5, 5.41) is 2.79. The van der Waals surface area contributed by atoms with Gasteiger partial charge in [-0.25, -0.2) is 9.59 Å². The van der Waals surface area contributed by atoms with Crippen molar-refractivity contribution < 1.29 is 14.3 Å². The Balaban J connectivity index is 2.36. The number of carbonyl (C=O) groups is 2. The van der Waals surface area contributed by atoms with Crippen LogP contribution in [0.15, 0.2) is 42.1 Å². The second-order valence-corrected chi connectivity index (χ2v) is 4.21. The number of carbonyl (C=O) groups excluding carboxylic acids is 2. The van der Waals surface area contributed by atoms with Gasteiger partial charge in [-0.1, -0.05) is 30.3 Å². The zero-order valence-electron chi connectivity index (χ0n) is 10.9. The molecule has 0 bridgehead atoms. The second-order valence-electron chi connectivity index (χ2n) is 4.21. The molecule has 0 saturated heterocycles. The summed E-state index contributed by atoms with van der Waals surface area (Å²) in [7, 11) is 1.59. The maximum Gasteiger partial charge on any atom is 0.337 e. The Kier molecular flexibility index (Phi) is 3.85. The van der Waals surface area contributed by atoms with Crippen molar-refractivity contribution in [3.05, 3.63) is 47.7 Å². The van der Waals surface area contributed by atoms with Gasteiger partial charge in [0.1, 0.15) is 0 Å². The molecule has 0 spiro atoms. The third kappa shape index (κ3) is 2.76. The minimum absolute atomic E-state index is 0.248. The lowest BCUT2D eigenvalue weighted by Crippen LogP contribution is -2.43. The molecule has 1 atom stereocenters. The van der Waals surface area contributed by atoms with Gasteiger partial charge in [-0.2, -0.15) is 0 Å². The molecule has 2 rings (SSSR count). The number of rotatable bonds is 3. The number of hydrogen-bond acceptors (Lipinski definition) is 3. The molecule has 0 aromatic heterocycles. The van der Waals surface area contributed by atoms with E-state index in [0.29, 0.717) is 12.2 Å². The SMILES string of the molecule is CCOC(=O)C1=CN(C)C(=O)NC1c1ccccc1. The minimum Gasteiger partial charge on any atom is -0.463 e. The molecule has 1 aliphatic rings. The van der Waals surface area contributed by atoms with Gasteiger partial charge >= 0.3 is 12.0 Å². The summed E-state index contributed by atoms with van der Waals surface area (Å²) in [6, 6.07) is 8.62. The van der Waals surface area contributed by atoms with Gasteiger partial charge in [-0.15, -0.1) is 0 Å². The predicted octanol–water partition coefficient (Wildman–Crippen LogP) is 1.83. The van der Waals surface area contributed by atoms with Gasteiger partial charge in [-0.3, -0.25) is 0 Å². The number of ether oxygens (including phenoxy) is 1. The molecule has 0 aliphatic carbocycles. The fourth-order valence-corrected chi connectivity index (χ4v) is 1.94. The summed E-state index contributed by atoms with van der Waals surface area (Å²) >= 11 is 0. The maximum atomic E-state index is 12.0. The van der Waals surface area contributed by atoms with Crippen LogP contribution < -0.4 is 5.32 Å². The molecule has 0 radical (unpaired) electrons. The smallest absolute Gasteiger partial charge is 0.337 e. The third-order valence-electron chi connectivity index (χ3n) is 2.88. The Labute approximate surface area is 111 Å². The summed E-state index contributed by atoms with van der Waals surface area (Å²) in [4.78, 5) is 25.0. The van der Waals surface area contributed by atoms with Crippen molar-refractivity contribution >= 4 is 12.0 Å². The van der Waals surface area contributed by atoms with E-state index in [2.05, 4.69) is 5.32 Å². The highest BCUT2D eigenvalue weighted by Gasteiger charge is 2.31. The molecular formula is C14H16N2O3. The highest BCUT2D eigenvalue weighted by molar-refractivity contribution is 5.93. The Morgan fingerprint density at radius 3 is 2.68 bits per heavy atom. The van der Waals surface area contributed by atoms with E-state index in [-0.39, 0.29) is 6.03 Å². The van der Waals surface area contributed by atoms with Crippen molar-refractivity contribution in [2.75, 3.05) is 13.7 Å². The van der Waals surface area contributed by atoms with Crippen molar-refractivity contribution in [1.29, 1.82) is 0 Å². The number of esters is 1. The number of nitrogens with zero attached hydrogens (tertiary/aromatic N) is 1. The van der Waals surface area contributed by atoms with E-state index in [1.54, 1.807) is 14.0 Å². The number of benzene rings is 1. The molecule has 1 N–H and O–H groups in total. The Morgan fingerprint density at radius 1 is 1.37 bits per heavy atom. The number of urea groups is 1. The minimum atomic E-state index is -0.469. The first kappa shape index (κ1) is 13.1. The van der Waals surface area contributed by atoms with Crippen molar-refractivity contribution in [3.63, 3.8) is 0 Å². The van der Waals surface area contributed by atoms with Crippen LogP contribution in [0.4, 0.5) is 4.79 Å². The van der Waals surface area contributed by atoms with E-state index >= 15 is 0 Å². The molecule has 1 heterocycles. The van der Waals surface area contributed by atoms with E-state index in [9.17, 15) is 9.59 Å². The number of nitrogens with one attached hydrogen (secondary N) is 1. The fourth-order valence-electron chi connectivity index (χ4n) is 1.94. The molecule has 5 nitrogen and oxygen atoms in total. The van der Waals surface area contributed by atoms with Crippen LogP contribution in [0, 0.1) is 0 Å². The number of hydrogen-bond donors (Lipinski definition) is 1. The van der Waals surface area contributed by atoms with E-state index in [1.165, 1.54) is 11.1 Å². The van der Waals surface area contributed by atoms with Crippen LogP contribution in [0.3, 0.4) is 0 Å². The van der Waals surface area contributed by atoms with Gasteiger partial charge in [0.05, 0.1) is 18.2 Å². The van der Waals surface area contributed by atoms with E-state index in [4.69, 9.17) is 4.74 Å². The first-order chi connectivity index (χ1) is 9.13. The Hall–Kier alpha value is -2.30. The number of amides is 2. The quantitative estimate of drug-likeness (QED) is 0.843. The van der Waals surface area contributed by atoms with Crippen LogP contribution >= 0.6 is 0 Å². The molecule has 1 aromatic rings. The highest BCUT2D eigenvalue weighted by atomic mass is 16.5. The van der Waals surface area contributed by atoms with Crippen molar-refractivity contribution in [1.82, 2.24) is 10.2 Å². The van der Waals surface area contributed by atoms with Gasteiger partial charge in [-0.05, 0) is 12.5 Å². The van der Waals surface area contributed by atoms with Crippen LogP contribution in [0.25, 0.3) is 0 Å². The summed E-state index contributed by atoms with van der Waals surface area (Å²) < 4.78 is 5.03. The van der Waals surface area contributed by atoms with E-state index in [0.717, 1.165) is 5.56 Å². The standard InChI is InChI=1S/C14H16N2O3/c1-3-19-13(17)11-9-16(2)14(18)15-12(11)10-7-5-4-6-8-10/h4-9,12H,3H2,1-2H3,(H,15,18). The third-order valence-corrected chi connectivity index (χ3v) is 2.88. The van der Waals surface area contributed by atoms with Crippen molar-refractivity contribution in [2.24, 2.45) is 0 Å². The predicted molar refractivity (Wildman–Crippen MR) is 70.2 cm³/mol. The summed E-state index contributed by atoms with van der Waals surface area (Å²) in [6.45, 7) is 2.05. The van der Waals surface area contributed by atoms with Gasteiger partial charge in [0.15, 0.2) is 0 Å². The molecule has 1 aliphatic heterocycles. The van der Waals surface area contributed by atoms with Gasteiger partial charge in [0, 0.05) is 13.2 Å². The summed E-state index contributed by atoms with van der Waals surface area (Å²) in [6.07, 6.45) is 1.52. The molecule has 1 unspecified atom stereocenters. The first-order valence-corrected chi connectivity index (χ1v) is 6.10. The lowest BCUT2D eigenvalue weighted by molar-refractivity contribution is -0.139. The lowest BCUT2D eigenvalue weighted by Gasteiger charge is -2.29. The lowest BCUT2D eigenvalue weighted by atomic mass is 9.98. The van der Waals surface area contributed by atoms with Crippen molar-refractivity contribution in [3.8, 4) is 0 Å². The fraction of sp³-hybridized carbons (Fsp3) is 0.286. The molecule has 100 valence electrons. The Morgan fingerprint density at radius 2 is 2.05 bits per heavy atom. The normalized spacial score (nSPS) is 18.6. The topological polar surface area (TPSA) is 58.6 Å². The molecule has 5 heteroatoms. The molecule has 1 aromatic carbocycles. The van der Waals surface area contributed by atoms with Crippen LogP contribution in [-0.4, -0.2) is 30.6 Å². The molecule has 0 fully saturated rings. The molecule has 19 heavy (non-hydrogen) atoms. The highest BCUT2D eigenvalue weighted by Crippen LogP contribution is 2.26. The van der Waals surface area contributed by atoms with E-state index < -0.39 is 12.0 Å². The van der Waals surface area contributed by atoms with Crippen LogP contribution in [0.2, 0.25) is 0 Å². The first-order valence-electron chi connectivity index (χ1n) is 6.10. The van der Waals surface area contributed by atoms with Crippen LogP contribution in [0.1, 0.15) is 18.5 Å². The van der Waals surface area contributed by atoms with Gasteiger partial charge in [0.25, 0.3) is 0 Å². The second kappa shape index (κ2) is 5.56. The summed E-state index contributed by atoms with van der Waals surface area (Å²) in [5.74, 6) is -0.414. The van der Waals surface area contributed by atoms with Crippen molar-refractivity contribution in [2.45, 2.75) is 13.0 Å². The zero-order chi connectivity index (χ0) is 13.8. The maximum absolute atomic E-state index is 12.0. The molecular weight excluding hydrogens is 244 g/mol. The molecule has 0 saturated carbocycles. The monoisotopic (exact) mass is 260 g/mol. The molecule has 2 amide bonds. The van der Waals surface area contributed by atoms with Crippen LogP contribution in [-0.2, 0) is 9.53 Å².